The van der Waals surface area contributed by atoms with E-state index in [0.29, 0.717) is 107 Å². The minimum absolute atomic E-state index is 0.0328. The number of hydrogen-bond donors (Lipinski definition) is 8. The highest BCUT2D eigenvalue weighted by Gasteiger charge is 2.26. The summed E-state index contributed by atoms with van der Waals surface area (Å²) in [6.45, 7) is 5.74. The van der Waals surface area contributed by atoms with Crippen LogP contribution in [0.3, 0.4) is 0 Å². The van der Waals surface area contributed by atoms with Crippen LogP contribution in [-0.4, -0.2) is 107 Å². The largest absolute Gasteiger partial charge is 0.497 e. The number of nitriles is 1. The summed E-state index contributed by atoms with van der Waals surface area (Å²) < 4.78 is 98.2. The molecule has 0 spiro atoms. The number of alkyl halides is 2. The second-order valence-electron chi connectivity index (χ2n) is 25.4. The van der Waals surface area contributed by atoms with Crippen LogP contribution in [0.5, 0.6) is 11.5 Å². The van der Waals surface area contributed by atoms with Gasteiger partial charge in [-0.25, -0.2) is 19.9 Å². The number of rotatable bonds is 18. The average molecular weight is 1640 g/mol. The molecule has 8 heterocycles. The first-order valence-corrected chi connectivity index (χ1v) is 35.0. The number of benzene rings is 8. The first-order valence-electron chi connectivity index (χ1n) is 34.6. The Hall–Kier alpha value is -16.5. The smallest absolute Gasteiger partial charge is 0.387 e. The normalized spacial score (nSPS) is 11.0. The highest BCUT2D eigenvalue weighted by Crippen LogP contribution is 2.35. The fraction of sp³-hybridized carbons (Fsp3) is 0.0921. The van der Waals surface area contributed by atoms with E-state index >= 15 is 0 Å². The molecule has 0 atom stereocenters. The van der Waals surface area contributed by atoms with Crippen LogP contribution in [0.4, 0.5) is 113 Å². The number of anilines is 12. The molecule has 36 nitrogen and oxygen atoms in total. The van der Waals surface area contributed by atoms with Crippen molar-refractivity contribution in [3.63, 3.8) is 0 Å². The summed E-state index contributed by atoms with van der Waals surface area (Å²) in [6.07, 6.45) is 0. The number of aryl methyl sites for hydroxylation is 5. The predicted octanol–water partition coefficient (Wildman–Crippen LogP) is 15.5. The third-order valence-electron chi connectivity index (χ3n) is 17.4. The van der Waals surface area contributed by atoms with E-state index in [0.717, 1.165) is 5.56 Å². The molecule has 0 bridgehead atoms. The number of imidazole rings is 4. The van der Waals surface area contributed by atoms with Crippen molar-refractivity contribution < 1.29 is 50.6 Å². The van der Waals surface area contributed by atoms with Gasteiger partial charge < -0.3 is 53.7 Å². The summed E-state index contributed by atoms with van der Waals surface area (Å²) in [7, 11) is 1.54. The lowest BCUT2D eigenvalue weighted by molar-refractivity contribution is -0.384. The number of nitro benzene ring substituents is 3. The summed E-state index contributed by atoms with van der Waals surface area (Å²) in [6, 6.07) is 45.9. The van der Waals surface area contributed by atoms with E-state index in [2.05, 4.69) is 91.9 Å². The molecule has 12 N–H and O–H groups in total. The molecule has 8 aromatic carbocycles. The van der Waals surface area contributed by atoms with E-state index < -0.39 is 50.5 Å². The Morgan fingerprint density at radius 1 is 0.403 bits per heavy atom. The molecule has 43 heteroatoms. The number of nitrogen functional groups attached to an aromatic ring is 4. The summed E-state index contributed by atoms with van der Waals surface area (Å²) in [5, 5.41) is 54.4. The zero-order valence-electron chi connectivity index (χ0n) is 62.4. The van der Waals surface area contributed by atoms with Gasteiger partial charge in [-0.3, -0.25) is 48.6 Å². The lowest BCUT2D eigenvalue weighted by Gasteiger charge is -2.12. The Morgan fingerprint density at radius 2 is 0.706 bits per heavy atom. The van der Waals surface area contributed by atoms with E-state index in [4.69, 9.17) is 44.5 Å². The van der Waals surface area contributed by atoms with E-state index in [1.807, 2.05) is 19.1 Å². The molecule has 0 unspecified atom stereocenters. The predicted molar refractivity (Wildman–Crippen MR) is 430 cm³/mol. The second-order valence-corrected chi connectivity index (χ2v) is 25.8. The van der Waals surface area contributed by atoms with Crippen molar-refractivity contribution in [1.82, 2.24) is 78.1 Å². The second kappa shape index (κ2) is 33.7. The van der Waals surface area contributed by atoms with Crippen molar-refractivity contribution in [3.8, 4) is 41.4 Å². The molecule has 119 heavy (non-hydrogen) atoms. The molecule has 0 radical (unpaired) electrons. The van der Waals surface area contributed by atoms with Crippen LogP contribution < -0.4 is 53.7 Å². The number of ether oxygens (including phenoxy) is 2. The summed E-state index contributed by atoms with van der Waals surface area (Å²) in [5.74, 6) is -2.72. The summed E-state index contributed by atoms with van der Waals surface area (Å²) in [4.78, 5) is 82.4. The van der Waals surface area contributed by atoms with E-state index in [9.17, 15) is 56.7 Å². The summed E-state index contributed by atoms with van der Waals surface area (Å²) in [5.41, 5.74) is 30.2. The fourth-order valence-corrected chi connectivity index (χ4v) is 12.0. The lowest BCUT2D eigenvalue weighted by Crippen LogP contribution is -2.11. The molecular formula is C76H59ClF6N28O8. The topological polar surface area (TPSA) is 498 Å². The Kier molecular flexibility index (Phi) is 22.8. The number of hydrogen-bond acceptors (Lipinski definition) is 29. The number of nitrogens with two attached hydrogens (primary N) is 4. The van der Waals surface area contributed by atoms with Gasteiger partial charge in [0.2, 0.25) is 47.1 Å². The Morgan fingerprint density at radius 3 is 1.02 bits per heavy atom. The fourth-order valence-electron chi connectivity index (χ4n) is 11.8. The molecule has 0 aliphatic rings. The van der Waals surface area contributed by atoms with Gasteiger partial charge in [-0.1, -0.05) is 29.3 Å². The van der Waals surface area contributed by atoms with Crippen LogP contribution in [0, 0.1) is 99.6 Å². The molecule has 8 aromatic heterocycles. The SMILES string of the molecule is COc1ccc(Nc2nc(-n3c(C)nc4ccc([N+](=O)[O-])cc43)nc(N)c2F)cc1.Cc1ccc(Nc2nc(-n3c(C)nc4ccc([N+](=O)[O-])cc43)nc(N)c2F)cc1.Cc1nc2cc(C#N)ccc2n1-c1nc(N)c(F)c(Nc2ccc(Cl)cc2)n1.Cc1nc2ccc([N+](=O)[O-])cc2n1-c1nc(N)c(F)c(Nc2ccc(OC(F)F)cc2)n1. The number of nitro groups is 3. The van der Waals surface area contributed by atoms with Crippen molar-refractivity contribution >= 4 is 142 Å². The standard InChI is InChI=1S/C19H13ClFN7.C19H14F3N7O3.C19H16FN7O3.C19H16FN7O2/c1-10-24-14-8-11(9-22)2-7-15(14)28(10)19-26-17(23)16(21)18(27-19)25-13-5-3-12(20)4-6-13;1-9-24-13-7-4-11(29(30)31)8-14(13)28(9)19-26-16(23)15(20)17(27-19)25-10-2-5-12(6-3-10)32-18(21)22;1-10-22-14-8-5-12(27(28)29)9-15(14)26(10)19-24-17(21)16(20)18(25-19)23-11-3-6-13(30-2)7-4-11;1-10-3-5-12(6-4-10)23-18-16(20)17(21)24-19(25-18)26-11(2)22-14-8-7-13(27(28)29)9-15(14)26/h2-8H,1H3,(H3,23,25,26,27);2-8,18H,1H3,(H3,23,25,26,27);3-9H,1-2H3,(H3,21,23,24,25);3-9H,1-2H3,(H3,21,23,24,25). The van der Waals surface area contributed by atoms with E-state index in [1.54, 1.807) is 118 Å². The van der Waals surface area contributed by atoms with Crippen LogP contribution >= 0.6 is 11.6 Å². The maximum absolute atomic E-state index is 14.6. The molecule has 0 aliphatic carbocycles. The van der Waals surface area contributed by atoms with Gasteiger partial charge in [-0.2, -0.15) is 71.5 Å². The monoisotopic (exact) mass is 1640 g/mol. The van der Waals surface area contributed by atoms with Crippen LogP contribution in [0.1, 0.15) is 34.4 Å². The van der Waals surface area contributed by atoms with Crippen molar-refractivity contribution in [2.45, 2.75) is 41.2 Å². The Bertz CT molecular complexity index is 6690. The average Bonchev–Trinajstić information content (AvgIpc) is 1.65. The molecule has 0 fully saturated rings. The number of non-ortho nitro benzene ring substituents is 3. The van der Waals surface area contributed by atoms with Gasteiger partial charge in [0, 0.05) is 64.2 Å². The molecule has 0 saturated heterocycles. The van der Waals surface area contributed by atoms with E-state index in [1.165, 1.54) is 92.6 Å². The van der Waals surface area contributed by atoms with Gasteiger partial charge in [-0.05, 0) is 156 Å². The highest BCUT2D eigenvalue weighted by atomic mass is 35.5. The minimum Gasteiger partial charge on any atom is -0.497 e. The number of nitrogens with one attached hydrogen (secondary N) is 4. The summed E-state index contributed by atoms with van der Waals surface area (Å²) >= 11 is 5.88. The van der Waals surface area contributed by atoms with Crippen molar-refractivity contribution in [2.24, 2.45) is 0 Å². The van der Waals surface area contributed by atoms with E-state index in [-0.39, 0.29) is 87.3 Å². The maximum Gasteiger partial charge on any atom is 0.387 e. The van der Waals surface area contributed by atoms with Gasteiger partial charge in [0.15, 0.2) is 46.5 Å². The zero-order chi connectivity index (χ0) is 84.9. The minimum atomic E-state index is -2.97. The first kappa shape index (κ1) is 80.6. The number of halogens is 7. The van der Waals surface area contributed by atoms with Crippen LogP contribution in [-0.2, 0) is 0 Å². The van der Waals surface area contributed by atoms with Gasteiger partial charge in [-0.15, -0.1) is 0 Å². The van der Waals surface area contributed by atoms with Crippen LogP contribution in [0.25, 0.3) is 67.9 Å². The molecule has 0 amide bonds. The third kappa shape index (κ3) is 17.5. The third-order valence-corrected chi connectivity index (χ3v) is 17.6. The highest BCUT2D eigenvalue weighted by molar-refractivity contribution is 6.30. The van der Waals surface area contributed by atoms with Gasteiger partial charge in [0.1, 0.15) is 34.8 Å². The zero-order valence-corrected chi connectivity index (χ0v) is 63.2. The van der Waals surface area contributed by atoms with Crippen molar-refractivity contribution in [1.29, 1.82) is 5.26 Å². The van der Waals surface area contributed by atoms with Crippen LogP contribution in [0.15, 0.2) is 170 Å². The number of aromatic nitrogens is 16. The van der Waals surface area contributed by atoms with Crippen LogP contribution in [0.2, 0.25) is 5.02 Å². The lowest BCUT2D eigenvalue weighted by atomic mass is 10.2. The molecule has 16 aromatic rings. The molecular weight excluding hydrogens is 1580 g/mol. The van der Waals surface area contributed by atoms with Gasteiger partial charge >= 0.3 is 6.61 Å². The van der Waals surface area contributed by atoms with Gasteiger partial charge in [0.25, 0.3) is 17.1 Å². The van der Waals surface area contributed by atoms with Gasteiger partial charge in [0.05, 0.1) is 77.6 Å². The molecule has 0 aliphatic heterocycles. The number of fused-ring (bicyclic) bond motifs is 4. The Labute approximate surface area is 669 Å². The van der Waals surface area contributed by atoms with Crippen molar-refractivity contribution in [3.05, 3.63) is 263 Å². The van der Waals surface area contributed by atoms with Crippen molar-refractivity contribution in [2.75, 3.05) is 51.3 Å². The molecule has 16 rings (SSSR count). The maximum atomic E-state index is 14.6. The molecule has 600 valence electrons. The Balaban J connectivity index is 0.000000137. The number of methoxy groups -OCH3 is 1. The number of nitrogens with zero attached hydrogens (tertiary/aromatic N) is 20. The quantitative estimate of drug-likeness (QED) is 0.0225. The first-order chi connectivity index (χ1) is 56.9. The molecule has 0 saturated carbocycles.